The molecule has 11 rings (SSSR count). The summed E-state index contributed by atoms with van der Waals surface area (Å²) in [6.45, 7) is 11.2. The molecular formula is C54H65FN8O9S. The van der Waals surface area contributed by atoms with E-state index in [1.807, 2.05) is 17.0 Å². The first-order chi connectivity index (χ1) is 35.1. The Kier molecular flexibility index (Phi) is 13.1. The van der Waals surface area contributed by atoms with Crippen LogP contribution in [0.5, 0.6) is 5.88 Å². The average molecular weight is 1020 g/mol. The predicted octanol–water partition coefficient (Wildman–Crippen LogP) is 8.72. The van der Waals surface area contributed by atoms with E-state index >= 15 is 4.39 Å². The molecule has 3 saturated heterocycles. The number of ether oxygens (including phenoxy) is 3. The smallest absolute Gasteiger partial charge is 0.293 e. The number of nitro groups is 1. The maximum absolute atomic E-state index is 15.3. The van der Waals surface area contributed by atoms with Crippen LogP contribution >= 0.6 is 0 Å². The molecule has 19 heteroatoms. The number of nitrogens with zero attached hydrogens (tertiary/aromatic N) is 5. The number of morpholine rings is 1. The third-order valence-electron chi connectivity index (χ3n) is 16.8. The predicted molar refractivity (Wildman–Crippen MR) is 275 cm³/mol. The third kappa shape index (κ3) is 9.62. The van der Waals surface area contributed by atoms with E-state index in [4.69, 9.17) is 14.2 Å². The van der Waals surface area contributed by atoms with Gasteiger partial charge in [0.1, 0.15) is 28.9 Å². The number of hydrogen-bond acceptors (Lipinski definition) is 14. The summed E-state index contributed by atoms with van der Waals surface area (Å²) < 4.78 is 64.3. The Morgan fingerprint density at radius 1 is 0.973 bits per heavy atom. The molecule has 4 aliphatic heterocycles. The number of carbonyl (C=O) groups excluding carboxylic acids is 1. The van der Waals surface area contributed by atoms with Gasteiger partial charge in [0, 0.05) is 56.8 Å². The summed E-state index contributed by atoms with van der Waals surface area (Å²) in [5.41, 5.74) is 3.85. The summed E-state index contributed by atoms with van der Waals surface area (Å²) in [5.74, 6) is -0.668. The van der Waals surface area contributed by atoms with Gasteiger partial charge in [-0.25, -0.2) is 17.5 Å². The number of piperidine rings is 1. The number of rotatable bonds is 12. The van der Waals surface area contributed by atoms with E-state index in [9.17, 15) is 28.4 Å². The molecule has 2 aromatic heterocycles. The van der Waals surface area contributed by atoms with Gasteiger partial charge < -0.3 is 39.4 Å². The van der Waals surface area contributed by atoms with Gasteiger partial charge in [-0.2, -0.15) is 4.98 Å². The number of amides is 1. The van der Waals surface area contributed by atoms with Gasteiger partial charge in [-0.3, -0.25) is 19.8 Å². The fraction of sp³-hybridized carbons (Fsp3) is 0.519. The van der Waals surface area contributed by atoms with Crippen molar-refractivity contribution in [2.24, 2.45) is 11.3 Å². The van der Waals surface area contributed by atoms with Gasteiger partial charge in [-0.15, -0.1) is 0 Å². The fourth-order valence-electron chi connectivity index (χ4n) is 12.6. The first-order valence-corrected chi connectivity index (χ1v) is 27.4. The number of sulfonamides is 1. The van der Waals surface area contributed by atoms with Crippen LogP contribution in [0.3, 0.4) is 0 Å². The van der Waals surface area contributed by atoms with Crippen molar-refractivity contribution in [1.29, 1.82) is 0 Å². The number of H-pyrrole nitrogens is 1. The Morgan fingerprint density at radius 2 is 1.74 bits per heavy atom. The second-order valence-electron chi connectivity index (χ2n) is 21.9. The van der Waals surface area contributed by atoms with Crippen LogP contribution in [0.15, 0.2) is 77.8 Å². The molecule has 5 aromatic rings. The normalized spacial score (nSPS) is 25.5. The number of aliphatic hydroxyl groups is 1. The highest BCUT2D eigenvalue weighted by Crippen LogP contribution is 2.54. The third-order valence-corrected chi connectivity index (χ3v) is 18.1. The first-order valence-electron chi connectivity index (χ1n) is 25.9. The lowest BCUT2D eigenvalue weighted by molar-refractivity contribution is -0.384. The maximum Gasteiger partial charge on any atom is 0.293 e. The Bertz CT molecular complexity index is 3010. The van der Waals surface area contributed by atoms with Gasteiger partial charge in [0.25, 0.3) is 21.6 Å². The number of nitro benzene ring substituents is 1. The molecule has 0 bridgehead atoms. The molecule has 2 saturated carbocycles. The number of pyridine rings is 1. The lowest BCUT2D eigenvalue weighted by Gasteiger charge is -2.57. The lowest BCUT2D eigenvalue weighted by Crippen LogP contribution is -2.58. The van der Waals surface area contributed by atoms with Crippen molar-refractivity contribution in [3.05, 3.63) is 106 Å². The van der Waals surface area contributed by atoms with Crippen LogP contribution in [0.4, 0.5) is 32.8 Å². The van der Waals surface area contributed by atoms with Gasteiger partial charge in [-0.1, -0.05) is 38.1 Å². The van der Waals surface area contributed by atoms with Crippen LogP contribution in [0.2, 0.25) is 0 Å². The van der Waals surface area contributed by atoms with Crippen molar-refractivity contribution in [1.82, 2.24) is 19.6 Å². The zero-order valence-electron chi connectivity index (χ0n) is 41.6. The molecule has 2 aliphatic carbocycles. The molecule has 73 heavy (non-hydrogen) atoms. The monoisotopic (exact) mass is 1020 g/mol. The Labute approximate surface area is 425 Å². The van der Waals surface area contributed by atoms with Gasteiger partial charge in [0.2, 0.25) is 5.88 Å². The molecular weight excluding hydrogens is 956 g/mol. The van der Waals surface area contributed by atoms with Crippen LogP contribution in [0, 0.1) is 27.3 Å². The van der Waals surface area contributed by atoms with Gasteiger partial charge >= 0.3 is 0 Å². The molecule has 388 valence electrons. The number of benzene rings is 3. The number of halogens is 1. The van der Waals surface area contributed by atoms with Gasteiger partial charge in [0.05, 0.1) is 64.0 Å². The molecule has 4 N–H and O–H groups in total. The van der Waals surface area contributed by atoms with E-state index in [-0.39, 0.29) is 52.1 Å². The molecule has 1 spiro atoms. The quantitative estimate of drug-likeness (QED) is 0.0682. The highest BCUT2D eigenvalue weighted by molar-refractivity contribution is 7.90. The molecule has 6 heterocycles. The second kappa shape index (κ2) is 19.4. The number of fused-ring (bicyclic) bond motifs is 3. The zero-order valence-corrected chi connectivity index (χ0v) is 42.5. The average Bonchev–Trinajstić information content (AvgIpc) is 3.74. The van der Waals surface area contributed by atoms with E-state index < -0.39 is 55.0 Å². The molecule has 0 unspecified atom stereocenters. The minimum Gasteiger partial charge on any atom is -0.468 e. The number of carbonyl (C=O) groups is 1. The second-order valence-corrected chi connectivity index (χ2v) is 23.5. The number of hydrogen-bond donors (Lipinski definition) is 4. The number of aromatic amines is 1. The van der Waals surface area contributed by atoms with E-state index in [2.05, 4.69) is 67.9 Å². The number of nitrogens with one attached hydrogen (secondary N) is 3. The largest absolute Gasteiger partial charge is 0.468 e. The van der Waals surface area contributed by atoms with E-state index in [0.717, 1.165) is 76.5 Å². The molecule has 6 aliphatic rings. The Morgan fingerprint density at radius 3 is 2.51 bits per heavy atom. The SMILES string of the molecule is CC(C)c1ccccc1[C@@H]1COCCN1C1CC2(CCN(c3ccc(C(=O)NS(=O)(=O)c4ccc(NCC5CCC(C)(O)CC5)c([N+](=O)[O-])c4)c(N4c5cc6c(F)c[nH]c6nc5O[C@H]5COCC[C@@H]54)c3)CC2)C1. The minimum atomic E-state index is -4.68. The number of anilines is 4. The molecule has 0 radical (unpaired) electrons. The lowest BCUT2D eigenvalue weighted by atomic mass is 9.59. The summed E-state index contributed by atoms with van der Waals surface area (Å²) in [4.78, 5) is 40.4. The van der Waals surface area contributed by atoms with Crippen molar-refractivity contribution in [3.8, 4) is 5.88 Å². The van der Waals surface area contributed by atoms with Crippen molar-refractivity contribution < 1.29 is 41.8 Å². The van der Waals surface area contributed by atoms with Crippen LogP contribution in [-0.2, 0) is 19.5 Å². The van der Waals surface area contributed by atoms with E-state index in [1.54, 1.807) is 19.1 Å². The summed E-state index contributed by atoms with van der Waals surface area (Å²) >= 11 is 0. The van der Waals surface area contributed by atoms with Crippen molar-refractivity contribution in [2.45, 2.75) is 119 Å². The van der Waals surface area contributed by atoms with Crippen LogP contribution < -0.4 is 24.6 Å². The minimum absolute atomic E-state index is 0.0220. The van der Waals surface area contributed by atoms with Crippen molar-refractivity contribution >= 4 is 55.4 Å². The zero-order chi connectivity index (χ0) is 50.8. The first kappa shape index (κ1) is 49.4. The Balaban J connectivity index is 0.873. The van der Waals surface area contributed by atoms with Crippen molar-refractivity contribution in [3.63, 3.8) is 0 Å². The highest BCUT2D eigenvalue weighted by atomic mass is 32.2. The number of aromatic nitrogens is 2. The molecule has 3 atom stereocenters. The highest BCUT2D eigenvalue weighted by Gasteiger charge is 2.50. The summed E-state index contributed by atoms with van der Waals surface area (Å²) in [6, 6.07) is 19.6. The maximum atomic E-state index is 15.3. The molecule has 5 fully saturated rings. The van der Waals surface area contributed by atoms with Crippen LogP contribution in [0.25, 0.3) is 11.0 Å². The van der Waals surface area contributed by atoms with Crippen LogP contribution in [0.1, 0.15) is 112 Å². The fourth-order valence-corrected chi connectivity index (χ4v) is 13.5. The van der Waals surface area contributed by atoms with E-state index in [0.29, 0.717) is 62.4 Å². The van der Waals surface area contributed by atoms with Gasteiger partial charge in [0.15, 0.2) is 0 Å². The van der Waals surface area contributed by atoms with E-state index in [1.165, 1.54) is 29.5 Å². The Hall–Kier alpha value is -5.86. The van der Waals surface area contributed by atoms with Crippen LogP contribution in [-0.4, -0.2) is 116 Å². The molecule has 1 amide bonds. The topological polar surface area (TPSA) is 205 Å². The van der Waals surface area contributed by atoms with Gasteiger partial charge in [-0.05, 0) is 129 Å². The summed E-state index contributed by atoms with van der Waals surface area (Å²) in [7, 11) is -4.68. The van der Waals surface area contributed by atoms with Crippen molar-refractivity contribution in [2.75, 3.05) is 67.7 Å². The molecule has 17 nitrogen and oxygen atoms in total. The summed E-state index contributed by atoms with van der Waals surface area (Å²) in [5, 5.41) is 26.1. The summed E-state index contributed by atoms with van der Waals surface area (Å²) in [6.07, 6.45) is 8.10. The standard InChI is InChI=1S/C54H65FN8O9S/c1-33(2)38-6-4-5-7-39(38)48-31-71-23-21-61(48)36-27-54(28-36)17-19-60(20-18-54)35-8-10-40(45(24-35)62-44-14-22-70-32-49(44)72-52-47(62)26-41-42(55)30-57-50(41)58-52)51(64)59-73(68,69)37-9-11-43(46(25-37)63(66)67)56-29-34-12-15-53(3,65)16-13-34/h4-11,24-26,30,33-34,36,44,48-49,56,65H,12-23,27-29,31-32H2,1-3H3,(H,57,58)(H,59,64)/t34?,44-,48-,49-,53?/m0/s1. The molecule has 3 aromatic carbocycles.